The number of hydrogen-bond donors (Lipinski definition) is 2. The van der Waals surface area contributed by atoms with Gasteiger partial charge in [-0.25, -0.2) is 0 Å². The molecule has 2 N–H and O–H groups in total. The van der Waals surface area contributed by atoms with Crippen LogP contribution in [0.2, 0.25) is 0 Å². The van der Waals surface area contributed by atoms with Gasteiger partial charge in [0, 0.05) is 25.0 Å². The molecular weight excluding hydrogens is 382 g/mol. The van der Waals surface area contributed by atoms with Gasteiger partial charge >= 0.3 is 0 Å². The summed E-state index contributed by atoms with van der Waals surface area (Å²) in [4.78, 5) is 38.4. The zero-order valence-corrected chi connectivity index (χ0v) is 17.2. The van der Waals surface area contributed by atoms with Gasteiger partial charge in [0.25, 0.3) is 11.8 Å². The lowest BCUT2D eigenvalue weighted by atomic mass is 10.1. The molecule has 0 fully saturated rings. The number of hydrogen-bond acceptors (Lipinski definition) is 4. The molecule has 0 aliphatic heterocycles. The number of furan rings is 1. The highest BCUT2D eigenvalue weighted by atomic mass is 16.3. The Labute approximate surface area is 174 Å². The van der Waals surface area contributed by atoms with Crippen LogP contribution in [-0.4, -0.2) is 22.4 Å². The molecule has 1 aromatic carbocycles. The summed E-state index contributed by atoms with van der Waals surface area (Å²) in [6.45, 7) is 5.79. The number of benzene rings is 1. The van der Waals surface area contributed by atoms with Crippen LogP contribution < -0.4 is 16.1 Å². The molecule has 2 aromatic heterocycles. The van der Waals surface area contributed by atoms with Gasteiger partial charge in [0.05, 0.1) is 12.3 Å². The molecule has 0 aliphatic rings. The molecule has 0 radical (unpaired) electrons. The van der Waals surface area contributed by atoms with Gasteiger partial charge in [0.15, 0.2) is 0 Å². The van der Waals surface area contributed by atoms with E-state index in [9.17, 15) is 14.4 Å². The average molecular weight is 407 g/mol. The van der Waals surface area contributed by atoms with Crippen molar-refractivity contribution in [3.05, 3.63) is 93.8 Å². The largest absolute Gasteiger partial charge is 0.467 e. The Balaban J connectivity index is 1.97. The molecule has 3 rings (SSSR count). The number of carbonyl (C=O) groups excluding carboxylic acids is 2. The van der Waals surface area contributed by atoms with Crippen LogP contribution in [0.5, 0.6) is 0 Å². The molecule has 2 heterocycles. The summed E-state index contributed by atoms with van der Waals surface area (Å²) < 4.78 is 6.99. The minimum Gasteiger partial charge on any atom is -0.467 e. The van der Waals surface area contributed by atoms with Gasteiger partial charge in [-0.3, -0.25) is 14.4 Å². The van der Waals surface area contributed by atoms with E-state index in [0.717, 1.165) is 5.56 Å². The second-order valence-electron chi connectivity index (χ2n) is 7.41. The number of amides is 2. The SMILES string of the molecule is CC(C)NC(=O)c1cn(Cc2ccccc2)cc(C(=O)NC(C)c2ccco2)c1=O. The van der Waals surface area contributed by atoms with E-state index in [4.69, 9.17) is 4.42 Å². The van der Waals surface area contributed by atoms with Crippen LogP contribution in [0.25, 0.3) is 0 Å². The van der Waals surface area contributed by atoms with E-state index >= 15 is 0 Å². The van der Waals surface area contributed by atoms with Crippen molar-refractivity contribution in [2.24, 2.45) is 0 Å². The molecule has 1 unspecified atom stereocenters. The van der Waals surface area contributed by atoms with Gasteiger partial charge in [-0.1, -0.05) is 30.3 Å². The molecule has 7 nitrogen and oxygen atoms in total. The van der Waals surface area contributed by atoms with Crippen molar-refractivity contribution in [2.45, 2.75) is 39.4 Å². The molecule has 7 heteroatoms. The molecule has 3 aromatic rings. The number of nitrogens with one attached hydrogen (secondary N) is 2. The standard InChI is InChI=1S/C23H25N3O4/c1-15(2)24-22(28)18-13-26(12-17-8-5-4-6-9-17)14-19(21(18)27)23(29)25-16(3)20-10-7-11-30-20/h4-11,13-16H,12H2,1-3H3,(H,24,28)(H,25,29). The molecule has 2 amide bonds. The van der Waals surface area contributed by atoms with Gasteiger partial charge in [0.1, 0.15) is 16.9 Å². The quantitative estimate of drug-likeness (QED) is 0.629. The summed E-state index contributed by atoms with van der Waals surface area (Å²) in [7, 11) is 0. The van der Waals surface area contributed by atoms with Crippen molar-refractivity contribution in [3.63, 3.8) is 0 Å². The molecule has 0 aliphatic carbocycles. The Morgan fingerprint density at radius 3 is 2.13 bits per heavy atom. The average Bonchev–Trinajstić information content (AvgIpc) is 3.24. The van der Waals surface area contributed by atoms with E-state index < -0.39 is 23.3 Å². The Hall–Kier alpha value is -3.61. The summed E-state index contributed by atoms with van der Waals surface area (Å²) in [6, 6.07) is 12.5. The van der Waals surface area contributed by atoms with Gasteiger partial charge < -0.3 is 19.6 Å². The lowest BCUT2D eigenvalue weighted by Crippen LogP contribution is -2.38. The highest BCUT2D eigenvalue weighted by Gasteiger charge is 2.22. The topological polar surface area (TPSA) is 93.3 Å². The number of rotatable bonds is 7. The molecule has 0 saturated heterocycles. The molecular formula is C23H25N3O4. The fraction of sp³-hybridized carbons (Fsp3) is 0.261. The van der Waals surface area contributed by atoms with Gasteiger partial charge in [-0.2, -0.15) is 0 Å². The van der Waals surface area contributed by atoms with Crippen LogP contribution in [0.1, 0.15) is 58.9 Å². The summed E-state index contributed by atoms with van der Waals surface area (Å²) in [5.41, 5.74) is 0.201. The van der Waals surface area contributed by atoms with Crippen molar-refractivity contribution >= 4 is 11.8 Å². The first-order valence-corrected chi connectivity index (χ1v) is 9.78. The first kappa shape index (κ1) is 21.1. The lowest BCUT2D eigenvalue weighted by molar-refractivity contribution is 0.0933. The highest BCUT2D eigenvalue weighted by molar-refractivity contribution is 5.99. The van der Waals surface area contributed by atoms with Crippen molar-refractivity contribution in [2.75, 3.05) is 0 Å². The maximum absolute atomic E-state index is 12.9. The Morgan fingerprint density at radius 1 is 0.933 bits per heavy atom. The molecule has 0 bridgehead atoms. The summed E-state index contributed by atoms with van der Waals surface area (Å²) in [5, 5.41) is 5.48. The van der Waals surface area contributed by atoms with Crippen LogP contribution in [0.3, 0.4) is 0 Å². The van der Waals surface area contributed by atoms with Crippen LogP contribution in [-0.2, 0) is 6.54 Å². The number of pyridine rings is 1. The molecule has 30 heavy (non-hydrogen) atoms. The fourth-order valence-electron chi connectivity index (χ4n) is 3.06. The molecule has 1 atom stereocenters. The summed E-state index contributed by atoms with van der Waals surface area (Å²) in [6.07, 6.45) is 4.48. The van der Waals surface area contributed by atoms with Gasteiger partial charge in [0.2, 0.25) is 5.43 Å². The van der Waals surface area contributed by atoms with Crippen LogP contribution in [0.15, 0.2) is 70.3 Å². The number of nitrogens with zero attached hydrogens (tertiary/aromatic N) is 1. The van der Waals surface area contributed by atoms with E-state index in [1.807, 2.05) is 44.2 Å². The predicted octanol–water partition coefficient (Wildman–Crippen LogP) is 3.12. The van der Waals surface area contributed by atoms with Gasteiger partial charge in [-0.05, 0) is 38.5 Å². The summed E-state index contributed by atoms with van der Waals surface area (Å²) >= 11 is 0. The third-order valence-corrected chi connectivity index (χ3v) is 4.51. The van der Waals surface area contributed by atoms with E-state index in [0.29, 0.717) is 12.3 Å². The predicted molar refractivity (Wildman–Crippen MR) is 113 cm³/mol. The Bertz CT molecular complexity index is 1070. The lowest BCUT2D eigenvalue weighted by Gasteiger charge is -2.15. The Kier molecular flexibility index (Phi) is 6.51. The minimum absolute atomic E-state index is 0.0714. The molecule has 0 saturated carbocycles. The smallest absolute Gasteiger partial charge is 0.257 e. The third kappa shape index (κ3) is 5.05. The second-order valence-corrected chi connectivity index (χ2v) is 7.41. The zero-order valence-electron chi connectivity index (χ0n) is 17.2. The van der Waals surface area contributed by atoms with Crippen molar-refractivity contribution in [3.8, 4) is 0 Å². The van der Waals surface area contributed by atoms with E-state index in [1.165, 1.54) is 18.7 Å². The summed E-state index contributed by atoms with van der Waals surface area (Å²) in [5.74, 6) is -0.503. The third-order valence-electron chi connectivity index (χ3n) is 4.51. The van der Waals surface area contributed by atoms with Gasteiger partial charge in [-0.15, -0.1) is 0 Å². The normalized spacial score (nSPS) is 11.9. The molecule has 156 valence electrons. The van der Waals surface area contributed by atoms with Crippen molar-refractivity contribution < 1.29 is 14.0 Å². The molecule has 0 spiro atoms. The first-order valence-electron chi connectivity index (χ1n) is 9.78. The maximum Gasteiger partial charge on any atom is 0.257 e. The first-order chi connectivity index (χ1) is 14.3. The number of aromatic nitrogens is 1. The zero-order chi connectivity index (χ0) is 21.7. The van der Waals surface area contributed by atoms with Crippen LogP contribution in [0.4, 0.5) is 0 Å². The Morgan fingerprint density at radius 2 is 1.57 bits per heavy atom. The van der Waals surface area contributed by atoms with Crippen molar-refractivity contribution in [1.29, 1.82) is 0 Å². The second kappa shape index (κ2) is 9.26. The maximum atomic E-state index is 12.9. The van der Waals surface area contributed by atoms with Crippen molar-refractivity contribution in [1.82, 2.24) is 15.2 Å². The highest BCUT2D eigenvalue weighted by Crippen LogP contribution is 2.13. The minimum atomic E-state index is -0.610. The van der Waals surface area contributed by atoms with E-state index in [1.54, 1.807) is 23.6 Å². The van der Waals surface area contributed by atoms with Crippen LogP contribution in [0, 0.1) is 0 Å². The van der Waals surface area contributed by atoms with E-state index in [-0.39, 0.29) is 17.2 Å². The monoisotopic (exact) mass is 407 g/mol. The van der Waals surface area contributed by atoms with E-state index in [2.05, 4.69) is 10.6 Å². The van der Waals surface area contributed by atoms with Crippen LogP contribution >= 0.6 is 0 Å². The fourth-order valence-corrected chi connectivity index (χ4v) is 3.06. The number of carbonyl (C=O) groups is 2.